The minimum atomic E-state index is -0.460. The Morgan fingerprint density at radius 3 is 2.62 bits per heavy atom. The number of nitrogens with zero attached hydrogens (tertiary/aromatic N) is 1. The Balaban J connectivity index is 2.16. The molecule has 0 aromatic heterocycles. The molecule has 0 aliphatic carbocycles. The van der Waals surface area contributed by atoms with E-state index in [4.69, 9.17) is 15.7 Å². The SMILES string of the molecule is Cc1ccc(OCc2cc(F)cc(/C(N)=N/O)c2)cc1C. The van der Waals surface area contributed by atoms with Crippen molar-refractivity contribution in [1.29, 1.82) is 0 Å². The first kappa shape index (κ1) is 14.8. The fourth-order valence-electron chi connectivity index (χ4n) is 1.91. The van der Waals surface area contributed by atoms with Crippen molar-refractivity contribution in [3.8, 4) is 5.75 Å². The maximum Gasteiger partial charge on any atom is 0.170 e. The first-order chi connectivity index (χ1) is 9.99. The lowest BCUT2D eigenvalue weighted by molar-refractivity contribution is 0.305. The molecular formula is C16H17FN2O2. The number of aryl methyl sites for hydroxylation is 2. The monoisotopic (exact) mass is 288 g/mol. The average Bonchev–Trinajstić information content (AvgIpc) is 2.47. The number of hydrogen-bond acceptors (Lipinski definition) is 3. The maximum absolute atomic E-state index is 13.5. The summed E-state index contributed by atoms with van der Waals surface area (Å²) in [5.74, 6) is 0.118. The third-order valence-electron chi connectivity index (χ3n) is 3.24. The number of rotatable bonds is 4. The molecule has 0 atom stereocenters. The van der Waals surface area contributed by atoms with Crippen LogP contribution < -0.4 is 10.5 Å². The molecule has 0 saturated carbocycles. The molecule has 0 aliphatic rings. The topological polar surface area (TPSA) is 67.8 Å². The fraction of sp³-hybridized carbons (Fsp3) is 0.188. The van der Waals surface area contributed by atoms with Crippen LogP contribution in [0.25, 0.3) is 0 Å². The van der Waals surface area contributed by atoms with Gasteiger partial charge in [-0.2, -0.15) is 0 Å². The number of hydrogen-bond donors (Lipinski definition) is 2. The van der Waals surface area contributed by atoms with Gasteiger partial charge in [-0.1, -0.05) is 11.2 Å². The van der Waals surface area contributed by atoms with E-state index in [9.17, 15) is 4.39 Å². The zero-order valence-corrected chi connectivity index (χ0v) is 11.9. The van der Waals surface area contributed by atoms with Crippen molar-refractivity contribution in [2.45, 2.75) is 20.5 Å². The Morgan fingerprint density at radius 1 is 1.19 bits per heavy atom. The van der Waals surface area contributed by atoms with Crippen LogP contribution in [-0.4, -0.2) is 11.0 Å². The zero-order chi connectivity index (χ0) is 15.4. The minimum absolute atomic E-state index is 0.137. The number of ether oxygens (including phenoxy) is 1. The lowest BCUT2D eigenvalue weighted by Crippen LogP contribution is -2.14. The van der Waals surface area contributed by atoms with Gasteiger partial charge in [0.05, 0.1) is 0 Å². The van der Waals surface area contributed by atoms with Crippen molar-refractivity contribution >= 4 is 5.84 Å². The molecule has 0 unspecified atom stereocenters. The van der Waals surface area contributed by atoms with Gasteiger partial charge in [0, 0.05) is 5.56 Å². The lowest BCUT2D eigenvalue weighted by atomic mass is 10.1. The summed E-state index contributed by atoms with van der Waals surface area (Å²) in [5, 5.41) is 11.5. The summed E-state index contributed by atoms with van der Waals surface area (Å²) in [5.41, 5.74) is 8.70. The van der Waals surface area contributed by atoms with Crippen LogP contribution in [0.3, 0.4) is 0 Å². The third-order valence-corrected chi connectivity index (χ3v) is 3.24. The van der Waals surface area contributed by atoms with Crippen LogP contribution in [-0.2, 0) is 6.61 Å². The van der Waals surface area contributed by atoms with Gasteiger partial charge in [0.2, 0.25) is 0 Å². The van der Waals surface area contributed by atoms with E-state index < -0.39 is 5.82 Å². The van der Waals surface area contributed by atoms with Gasteiger partial charge >= 0.3 is 0 Å². The predicted molar refractivity (Wildman–Crippen MR) is 79.2 cm³/mol. The van der Waals surface area contributed by atoms with Gasteiger partial charge < -0.3 is 15.7 Å². The highest BCUT2D eigenvalue weighted by atomic mass is 19.1. The van der Waals surface area contributed by atoms with E-state index in [1.165, 1.54) is 17.7 Å². The van der Waals surface area contributed by atoms with Gasteiger partial charge in [0.1, 0.15) is 18.2 Å². The van der Waals surface area contributed by atoms with Crippen molar-refractivity contribution in [1.82, 2.24) is 0 Å². The predicted octanol–water partition coefficient (Wildman–Crippen LogP) is 3.12. The number of halogens is 1. The highest BCUT2D eigenvalue weighted by Gasteiger charge is 2.06. The normalized spacial score (nSPS) is 11.5. The van der Waals surface area contributed by atoms with Crippen LogP contribution in [0.1, 0.15) is 22.3 Å². The molecular weight excluding hydrogens is 271 g/mol. The molecule has 0 amide bonds. The minimum Gasteiger partial charge on any atom is -0.489 e. The van der Waals surface area contributed by atoms with E-state index in [-0.39, 0.29) is 12.4 Å². The molecule has 21 heavy (non-hydrogen) atoms. The number of oxime groups is 1. The molecule has 0 aliphatic heterocycles. The first-order valence-electron chi connectivity index (χ1n) is 6.47. The molecule has 2 aromatic rings. The average molecular weight is 288 g/mol. The standard InChI is InChI=1S/C16H17FN2O2/c1-10-3-4-15(5-11(10)2)21-9-12-6-13(16(18)19-20)8-14(17)7-12/h3-8,20H,9H2,1-2H3,(H2,18,19). The summed E-state index contributed by atoms with van der Waals surface area (Å²) in [6.45, 7) is 4.22. The lowest BCUT2D eigenvalue weighted by Gasteiger charge is -2.09. The highest BCUT2D eigenvalue weighted by molar-refractivity contribution is 5.97. The van der Waals surface area contributed by atoms with Crippen LogP contribution in [0.4, 0.5) is 4.39 Å². The van der Waals surface area contributed by atoms with Crippen LogP contribution in [0.2, 0.25) is 0 Å². The van der Waals surface area contributed by atoms with E-state index in [0.717, 1.165) is 5.56 Å². The molecule has 0 saturated heterocycles. The second kappa shape index (κ2) is 6.26. The Kier molecular flexibility index (Phi) is 4.42. The summed E-state index contributed by atoms with van der Waals surface area (Å²) in [6.07, 6.45) is 0. The van der Waals surface area contributed by atoms with Crippen LogP contribution >= 0.6 is 0 Å². The molecule has 2 rings (SSSR count). The largest absolute Gasteiger partial charge is 0.489 e. The van der Waals surface area contributed by atoms with Crippen molar-refractivity contribution in [3.63, 3.8) is 0 Å². The molecule has 0 heterocycles. The number of amidine groups is 1. The van der Waals surface area contributed by atoms with E-state index >= 15 is 0 Å². The molecule has 3 N–H and O–H groups in total. The maximum atomic E-state index is 13.5. The van der Waals surface area contributed by atoms with Gasteiger partial charge in [-0.05, 0) is 60.9 Å². The summed E-state index contributed by atoms with van der Waals surface area (Å²) < 4.78 is 19.2. The molecule has 0 spiro atoms. The third kappa shape index (κ3) is 3.72. The van der Waals surface area contributed by atoms with E-state index in [1.807, 2.05) is 32.0 Å². The van der Waals surface area contributed by atoms with Crippen molar-refractivity contribution < 1.29 is 14.3 Å². The quantitative estimate of drug-likeness (QED) is 0.393. The molecule has 110 valence electrons. The summed E-state index contributed by atoms with van der Waals surface area (Å²) in [6, 6.07) is 9.95. The molecule has 0 radical (unpaired) electrons. The van der Waals surface area contributed by atoms with E-state index in [0.29, 0.717) is 16.9 Å². The van der Waals surface area contributed by atoms with E-state index in [2.05, 4.69) is 5.16 Å². The molecule has 4 nitrogen and oxygen atoms in total. The van der Waals surface area contributed by atoms with Crippen LogP contribution in [0.5, 0.6) is 5.75 Å². The van der Waals surface area contributed by atoms with Gasteiger partial charge in [0.25, 0.3) is 0 Å². The van der Waals surface area contributed by atoms with Crippen molar-refractivity contribution in [2.75, 3.05) is 0 Å². The Morgan fingerprint density at radius 2 is 1.95 bits per heavy atom. The molecule has 5 heteroatoms. The number of nitrogens with two attached hydrogens (primary N) is 1. The van der Waals surface area contributed by atoms with Gasteiger partial charge in [-0.15, -0.1) is 0 Å². The second-order valence-electron chi connectivity index (χ2n) is 4.87. The smallest absolute Gasteiger partial charge is 0.170 e. The van der Waals surface area contributed by atoms with Gasteiger partial charge in [-0.25, -0.2) is 4.39 Å². The van der Waals surface area contributed by atoms with Crippen LogP contribution in [0, 0.1) is 19.7 Å². The fourth-order valence-corrected chi connectivity index (χ4v) is 1.91. The Bertz CT molecular complexity index is 684. The van der Waals surface area contributed by atoms with Gasteiger partial charge in [-0.3, -0.25) is 0 Å². The van der Waals surface area contributed by atoms with Crippen molar-refractivity contribution in [3.05, 3.63) is 64.5 Å². The first-order valence-corrected chi connectivity index (χ1v) is 6.47. The molecule has 0 bridgehead atoms. The second-order valence-corrected chi connectivity index (χ2v) is 4.87. The van der Waals surface area contributed by atoms with Gasteiger partial charge in [0.15, 0.2) is 5.84 Å². The van der Waals surface area contributed by atoms with E-state index in [1.54, 1.807) is 6.07 Å². The molecule has 0 fully saturated rings. The van der Waals surface area contributed by atoms with Crippen LogP contribution in [0.15, 0.2) is 41.6 Å². The summed E-state index contributed by atoms with van der Waals surface area (Å²) in [4.78, 5) is 0. The Hall–Kier alpha value is -2.56. The number of benzene rings is 2. The molecule has 2 aromatic carbocycles. The summed E-state index contributed by atoms with van der Waals surface area (Å²) >= 11 is 0. The Labute approximate surface area is 122 Å². The summed E-state index contributed by atoms with van der Waals surface area (Å²) in [7, 11) is 0. The highest BCUT2D eigenvalue weighted by Crippen LogP contribution is 2.18. The van der Waals surface area contributed by atoms with Crippen molar-refractivity contribution in [2.24, 2.45) is 10.9 Å². The zero-order valence-electron chi connectivity index (χ0n) is 11.9.